The Hall–Kier alpha value is -3.70. The summed E-state index contributed by atoms with van der Waals surface area (Å²) in [7, 11) is -4.74. The molecule has 3 N–H and O–H groups in total. The first-order valence-electron chi connectivity index (χ1n) is 11.2. The first kappa shape index (κ1) is 27.3. The molecule has 0 saturated carbocycles. The largest absolute Gasteiger partial charge is 0.505 e. The van der Waals surface area contributed by atoms with E-state index in [1.807, 2.05) is 0 Å². The number of nitrogens with zero attached hydrogens (tertiary/aromatic N) is 2. The maximum atomic E-state index is 13.2. The number of carbonyl (C=O) groups is 1. The van der Waals surface area contributed by atoms with Crippen LogP contribution in [0.2, 0.25) is 10.0 Å². The molecule has 0 fully saturated rings. The normalized spacial score (nSPS) is 11.7. The number of halogens is 2. The Morgan fingerprint density at radius 2 is 1.76 bits per heavy atom. The predicted molar refractivity (Wildman–Crippen MR) is 146 cm³/mol. The van der Waals surface area contributed by atoms with Gasteiger partial charge in [-0.3, -0.25) is 9.35 Å². The van der Waals surface area contributed by atoms with Gasteiger partial charge in [0.2, 0.25) is 0 Å². The number of fused-ring (bicyclic) bond motifs is 1. The SMILES string of the molecule is CCOc1cc(NC(=O)c2cc3ccccc3c(N=Nc3cc(C)cc(Cl)c3S(=O)(=O)O)c2O)ccc1Cl. The minimum atomic E-state index is -4.74. The number of phenolic OH excluding ortho intramolecular Hbond substituents is 1. The third-order valence-electron chi connectivity index (χ3n) is 5.41. The smallest absolute Gasteiger partial charge is 0.298 e. The summed E-state index contributed by atoms with van der Waals surface area (Å²) < 4.78 is 39.0. The number of amides is 1. The first-order chi connectivity index (χ1) is 18.0. The van der Waals surface area contributed by atoms with Crippen LogP contribution in [0, 0.1) is 6.92 Å². The van der Waals surface area contributed by atoms with E-state index in [0.717, 1.165) is 0 Å². The highest BCUT2D eigenvalue weighted by molar-refractivity contribution is 7.86. The highest BCUT2D eigenvalue weighted by Crippen LogP contribution is 2.41. The number of aromatic hydroxyl groups is 1. The predicted octanol–water partition coefficient (Wildman–Crippen LogP) is 7.47. The van der Waals surface area contributed by atoms with Crippen LogP contribution in [-0.2, 0) is 10.1 Å². The summed E-state index contributed by atoms with van der Waals surface area (Å²) in [5.74, 6) is -0.751. The van der Waals surface area contributed by atoms with E-state index in [4.69, 9.17) is 27.9 Å². The van der Waals surface area contributed by atoms with Gasteiger partial charge in [-0.15, -0.1) is 10.2 Å². The molecule has 0 heterocycles. The van der Waals surface area contributed by atoms with Crippen molar-refractivity contribution in [2.75, 3.05) is 11.9 Å². The number of rotatable bonds is 7. The van der Waals surface area contributed by atoms with Crippen LogP contribution in [0.25, 0.3) is 10.8 Å². The fourth-order valence-electron chi connectivity index (χ4n) is 3.78. The number of hydrogen-bond donors (Lipinski definition) is 3. The van der Waals surface area contributed by atoms with Crippen molar-refractivity contribution < 1.29 is 27.6 Å². The Bertz CT molecular complexity index is 1710. The summed E-state index contributed by atoms with van der Waals surface area (Å²) in [5, 5.41) is 23.0. The molecule has 12 heteroatoms. The number of carbonyl (C=O) groups excluding carboxylic acids is 1. The van der Waals surface area contributed by atoms with Gasteiger partial charge in [-0.2, -0.15) is 8.42 Å². The summed E-state index contributed by atoms with van der Waals surface area (Å²) in [4.78, 5) is 12.6. The van der Waals surface area contributed by atoms with E-state index in [2.05, 4.69) is 15.5 Å². The van der Waals surface area contributed by atoms with Gasteiger partial charge in [0.15, 0.2) is 5.75 Å². The van der Waals surface area contributed by atoms with Crippen molar-refractivity contribution in [1.82, 2.24) is 0 Å². The number of anilines is 1. The van der Waals surface area contributed by atoms with Crippen LogP contribution in [0.3, 0.4) is 0 Å². The molecule has 0 bridgehead atoms. The highest BCUT2D eigenvalue weighted by Gasteiger charge is 2.22. The second-order valence-corrected chi connectivity index (χ2v) is 10.3. The van der Waals surface area contributed by atoms with Crippen LogP contribution >= 0.6 is 23.2 Å². The monoisotopic (exact) mass is 573 g/mol. The number of hydrogen-bond acceptors (Lipinski definition) is 7. The standard InChI is InChI=1S/C26H21Cl2N3O6S/c1-3-37-22-13-16(8-9-19(22)27)29-26(33)18-12-15-6-4-5-7-17(15)23(24(18)32)31-30-21-11-14(2)10-20(28)25(21)38(34,35)36/h4-13,32H,3H2,1-2H3,(H,29,33)(H,34,35,36). The Labute approximate surface area is 228 Å². The summed E-state index contributed by atoms with van der Waals surface area (Å²) in [6.45, 7) is 3.83. The van der Waals surface area contributed by atoms with Gasteiger partial charge in [0, 0.05) is 17.1 Å². The van der Waals surface area contributed by atoms with Crippen LogP contribution in [-0.4, -0.2) is 30.6 Å². The molecule has 196 valence electrons. The van der Waals surface area contributed by atoms with Crippen molar-refractivity contribution in [2.24, 2.45) is 10.2 Å². The van der Waals surface area contributed by atoms with Gasteiger partial charge >= 0.3 is 0 Å². The topological polar surface area (TPSA) is 138 Å². The van der Waals surface area contributed by atoms with E-state index in [9.17, 15) is 22.9 Å². The van der Waals surface area contributed by atoms with E-state index < -0.39 is 26.7 Å². The molecule has 0 aliphatic heterocycles. The van der Waals surface area contributed by atoms with Gasteiger partial charge in [0.1, 0.15) is 22.0 Å². The van der Waals surface area contributed by atoms with Crippen molar-refractivity contribution in [3.63, 3.8) is 0 Å². The van der Waals surface area contributed by atoms with Gasteiger partial charge in [0.05, 0.1) is 22.2 Å². The van der Waals surface area contributed by atoms with E-state index in [1.165, 1.54) is 18.2 Å². The summed E-state index contributed by atoms with van der Waals surface area (Å²) in [6.07, 6.45) is 0. The van der Waals surface area contributed by atoms with Gasteiger partial charge in [-0.1, -0.05) is 47.5 Å². The van der Waals surface area contributed by atoms with Crippen LogP contribution in [0.5, 0.6) is 11.5 Å². The number of ether oxygens (including phenoxy) is 1. The number of azo groups is 1. The lowest BCUT2D eigenvalue weighted by Crippen LogP contribution is -2.12. The number of aryl methyl sites for hydroxylation is 1. The van der Waals surface area contributed by atoms with Crippen molar-refractivity contribution in [3.05, 3.63) is 81.8 Å². The van der Waals surface area contributed by atoms with Crippen molar-refractivity contribution in [3.8, 4) is 11.5 Å². The quantitative estimate of drug-likeness (QED) is 0.155. The van der Waals surface area contributed by atoms with E-state index in [-0.39, 0.29) is 22.0 Å². The molecule has 0 saturated heterocycles. The Morgan fingerprint density at radius 3 is 2.47 bits per heavy atom. The second kappa shape index (κ2) is 11.0. The number of nitrogens with one attached hydrogen (secondary N) is 1. The Kier molecular flexibility index (Phi) is 7.89. The van der Waals surface area contributed by atoms with Crippen LogP contribution in [0.4, 0.5) is 17.1 Å². The Morgan fingerprint density at radius 1 is 1.03 bits per heavy atom. The van der Waals surface area contributed by atoms with Gasteiger partial charge < -0.3 is 15.2 Å². The lowest BCUT2D eigenvalue weighted by Gasteiger charge is -2.13. The molecule has 0 spiro atoms. The number of benzene rings is 4. The van der Waals surface area contributed by atoms with Gasteiger partial charge in [-0.05, 0) is 55.1 Å². The third-order valence-corrected chi connectivity index (χ3v) is 7.08. The molecule has 0 aliphatic carbocycles. The van der Waals surface area contributed by atoms with Gasteiger partial charge in [0.25, 0.3) is 16.0 Å². The molecule has 4 aromatic carbocycles. The van der Waals surface area contributed by atoms with E-state index in [1.54, 1.807) is 56.3 Å². The zero-order valence-electron chi connectivity index (χ0n) is 20.1. The summed E-state index contributed by atoms with van der Waals surface area (Å²) >= 11 is 12.2. The minimum Gasteiger partial charge on any atom is -0.505 e. The van der Waals surface area contributed by atoms with Crippen molar-refractivity contribution in [1.29, 1.82) is 0 Å². The molecular formula is C26H21Cl2N3O6S. The zero-order valence-corrected chi connectivity index (χ0v) is 22.4. The summed E-state index contributed by atoms with van der Waals surface area (Å²) in [6, 6.07) is 15.7. The van der Waals surface area contributed by atoms with Crippen molar-refractivity contribution in [2.45, 2.75) is 18.7 Å². The molecule has 4 rings (SSSR count). The molecule has 0 aliphatic rings. The average molecular weight is 574 g/mol. The summed E-state index contributed by atoms with van der Waals surface area (Å²) in [5.41, 5.74) is 0.514. The lowest BCUT2D eigenvalue weighted by molar-refractivity contribution is 0.102. The maximum absolute atomic E-state index is 13.2. The number of phenols is 1. The molecule has 38 heavy (non-hydrogen) atoms. The first-order valence-corrected chi connectivity index (χ1v) is 13.4. The molecule has 4 aromatic rings. The lowest BCUT2D eigenvalue weighted by atomic mass is 10.0. The van der Waals surface area contributed by atoms with E-state index >= 15 is 0 Å². The molecule has 9 nitrogen and oxygen atoms in total. The zero-order chi connectivity index (χ0) is 27.6. The molecular weight excluding hydrogens is 553 g/mol. The van der Waals surface area contributed by atoms with Crippen molar-refractivity contribution >= 4 is 67.1 Å². The molecule has 0 atom stereocenters. The van der Waals surface area contributed by atoms with Crippen LogP contribution in [0.15, 0.2) is 75.8 Å². The van der Waals surface area contributed by atoms with E-state index in [0.29, 0.717) is 39.4 Å². The third kappa shape index (κ3) is 5.73. The molecule has 1 amide bonds. The maximum Gasteiger partial charge on any atom is 0.298 e. The Balaban J connectivity index is 1.81. The molecule has 0 unspecified atom stereocenters. The second-order valence-electron chi connectivity index (χ2n) is 8.14. The molecule has 0 radical (unpaired) electrons. The van der Waals surface area contributed by atoms with Crippen LogP contribution in [0.1, 0.15) is 22.8 Å². The molecule has 0 aromatic heterocycles. The fourth-order valence-corrected chi connectivity index (χ4v) is 5.18. The minimum absolute atomic E-state index is 0.0849. The van der Waals surface area contributed by atoms with Crippen LogP contribution < -0.4 is 10.1 Å². The fraction of sp³-hybridized carbons (Fsp3) is 0.115. The van der Waals surface area contributed by atoms with Gasteiger partial charge in [-0.25, -0.2) is 0 Å². The highest BCUT2D eigenvalue weighted by atomic mass is 35.5. The average Bonchev–Trinajstić information content (AvgIpc) is 2.84.